The summed E-state index contributed by atoms with van der Waals surface area (Å²) < 4.78 is 0. The highest BCUT2D eigenvalue weighted by molar-refractivity contribution is 5.80. The van der Waals surface area contributed by atoms with Crippen LogP contribution in [0.2, 0.25) is 0 Å². The molecule has 94 valence electrons. The van der Waals surface area contributed by atoms with Gasteiger partial charge < -0.3 is 15.5 Å². The van der Waals surface area contributed by atoms with Gasteiger partial charge in [-0.25, -0.2) is 0 Å². The predicted molar refractivity (Wildman–Crippen MR) is 60.0 cm³/mol. The molecule has 0 fully saturated rings. The maximum absolute atomic E-state index is 11.2. The molecule has 0 spiro atoms. The van der Waals surface area contributed by atoms with Crippen molar-refractivity contribution in [2.75, 3.05) is 13.2 Å². The molecule has 16 heavy (non-hydrogen) atoms. The van der Waals surface area contributed by atoms with Crippen LogP contribution in [-0.4, -0.2) is 35.2 Å². The fraction of sp³-hybridized carbons (Fsp3) is 0.818. The fourth-order valence-electron chi connectivity index (χ4n) is 1.29. The maximum atomic E-state index is 11.2. The Balaban J connectivity index is 3.76. The monoisotopic (exact) mass is 231 g/mol. The number of rotatable bonds is 8. The molecule has 0 unspecified atom stereocenters. The molecule has 0 bridgehead atoms. The van der Waals surface area contributed by atoms with Gasteiger partial charge in [-0.3, -0.25) is 9.59 Å². The zero-order valence-electron chi connectivity index (χ0n) is 9.95. The van der Waals surface area contributed by atoms with Gasteiger partial charge in [-0.1, -0.05) is 13.8 Å². The van der Waals surface area contributed by atoms with Crippen LogP contribution >= 0.6 is 0 Å². The third-order valence-corrected chi connectivity index (χ3v) is 2.34. The number of amides is 1. The van der Waals surface area contributed by atoms with E-state index in [9.17, 15) is 9.59 Å². The molecule has 0 saturated carbocycles. The van der Waals surface area contributed by atoms with Crippen molar-refractivity contribution < 1.29 is 19.8 Å². The van der Waals surface area contributed by atoms with Crippen LogP contribution in [0, 0.1) is 5.41 Å². The first-order valence-corrected chi connectivity index (χ1v) is 5.47. The summed E-state index contributed by atoms with van der Waals surface area (Å²) in [4.78, 5) is 21.5. The molecule has 0 rings (SSSR count). The fourth-order valence-corrected chi connectivity index (χ4v) is 1.29. The van der Waals surface area contributed by atoms with Crippen LogP contribution in [0.5, 0.6) is 0 Å². The average Bonchev–Trinajstić information content (AvgIpc) is 2.21. The van der Waals surface area contributed by atoms with Crippen LogP contribution in [0.1, 0.15) is 39.5 Å². The lowest BCUT2D eigenvalue weighted by Crippen LogP contribution is -2.34. The Labute approximate surface area is 95.9 Å². The lowest BCUT2D eigenvalue weighted by atomic mass is 9.88. The lowest BCUT2D eigenvalue weighted by Gasteiger charge is -2.24. The number of aliphatic hydroxyl groups excluding tert-OH is 1. The van der Waals surface area contributed by atoms with E-state index in [-0.39, 0.29) is 30.8 Å². The van der Waals surface area contributed by atoms with Gasteiger partial charge in [0.1, 0.15) is 0 Å². The second kappa shape index (κ2) is 7.22. The normalized spacial score (nSPS) is 11.2. The van der Waals surface area contributed by atoms with Crippen molar-refractivity contribution in [1.29, 1.82) is 0 Å². The third-order valence-electron chi connectivity index (χ3n) is 2.34. The van der Waals surface area contributed by atoms with Gasteiger partial charge in [0, 0.05) is 19.6 Å². The topological polar surface area (TPSA) is 86.6 Å². The number of nitrogens with one attached hydrogen (secondary N) is 1. The number of hydrogen-bond acceptors (Lipinski definition) is 3. The molecule has 5 nitrogen and oxygen atoms in total. The summed E-state index contributed by atoms with van der Waals surface area (Å²) in [6.07, 6.45) is 1.41. The van der Waals surface area contributed by atoms with Crippen molar-refractivity contribution in [2.24, 2.45) is 5.41 Å². The number of carbonyl (C=O) groups excluding carboxylic acids is 1. The highest BCUT2D eigenvalue weighted by Crippen LogP contribution is 2.20. The Hall–Kier alpha value is -1.10. The van der Waals surface area contributed by atoms with E-state index >= 15 is 0 Å². The molecule has 0 aromatic heterocycles. The van der Waals surface area contributed by atoms with Gasteiger partial charge in [0.05, 0.1) is 6.42 Å². The first-order valence-electron chi connectivity index (χ1n) is 5.47. The second-order valence-corrected chi connectivity index (χ2v) is 4.66. The van der Waals surface area contributed by atoms with Crippen molar-refractivity contribution in [3.05, 3.63) is 0 Å². The molecule has 0 aliphatic rings. The molecule has 5 heteroatoms. The van der Waals surface area contributed by atoms with Crippen LogP contribution in [0.3, 0.4) is 0 Å². The van der Waals surface area contributed by atoms with E-state index in [1.54, 1.807) is 0 Å². The Morgan fingerprint density at radius 1 is 1.25 bits per heavy atom. The van der Waals surface area contributed by atoms with E-state index in [4.69, 9.17) is 10.2 Å². The molecule has 0 atom stereocenters. The molecule has 0 aliphatic heterocycles. The molecule has 0 aliphatic carbocycles. The van der Waals surface area contributed by atoms with Crippen LogP contribution in [0.4, 0.5) is 0 Å². The number of aliphatic hydroxyl groups is 1. The predicted octanol–water partition coefficient (Wildman–Crippen LogP) is 0.766. The maximum Gasteiger partial charge on any atom is 0.303 e. The summed E-state index contributed by atoms with van der Waals surface area (Å²) in [5.74, 6) is -1.20. The van der Waals surface area contributed by atoms with E-state index in [1.165, 1.54) is 0 Å². The Bertz CT molecular complexity index is 238. The smallest absolute Gasteiger partial charge is 0.303 e. The van der Waals surface area contributed by atoms with Crippen LogP contribution in [0.15, 0.2) is 0 Å². The lowest BCUT2D eigenvalue weighted by molar-refractivity contribution is -0.138. The second-order valence-electron chi connectivity index (χ2n) is 4.66. The van der Waals surface area contributed by atoms with Gasteiger partial charge in [-0.15, -0.1) is 0 Å². The number of hydrogen-bond donors (Lipinski definition) is 3. The quantitative estimate of drug-likeness (QED) is 0.575. The average molecular weight is 231 g/mol. The minimum atomic E-state index is -0.963. The first-order chi connectivity index (χ1) is 7.37. The highest BCUT2D eigenvalue weighted by atomic mass is 16.4. The van der Waals surface area contributed by atoms with Crippen molar-refractivity contribution in [1.82, 2.24) is 5.32 Å². The summed E-state index contributed by atoms with van der Waals surface area (Å²) in [7, 11) is 0. The third kappa shape index (κ3) is 8.23. The van der Waals surface area contributed by atoms with E-state index < -0.39 is 5.97 Å². The summed E-state index contributed by atoms with van der Waals surface area (Å²) in [5, 5.41) is 19.8. The van der Waals surface area contributed by atoms with Gasteiger partial charge in [-0.05, 0) is 18.3 Å². The van der Waals surface area contributed by atoms with Crippen molar-refractivity contribution in [3.8, 4) is 0 Å². The SMILES string of the molecule is CC(C)(CCCO)CNC(=O)CCC(=O)O. The van der Waals surface area contributed by atoms with Crippen molar-refractivity contribution >= 4 is 11.9 Å². The van der Waals surface area contributed by atoms with Gasteiger partial charge in [0.25, 0.3) is 0 Å². The number of aliphatic carboxylic acids is 1. The first kappa shape index (κ1) is 14.9. The number of carbonyl (C=O) groups is 2. The summed E-state index contributed by atoms with van der Waals surface area (Å²) in [6.45, 7) is 4.65. The summed E-state index contributed by atoms with van der Waals surface area (Å²) in [5.41, 5.74) is -0.0678. The van der Waals surface area contributed by atoms with E-state index in [0.29, 0.717) is 13.0 Å². The largest absolute Gasteiger partial charge is 0.481 e. The van der Waals surface area contributed by atoms with E-state index in [1.807, 2.05) is 13.8 Å². The highest BCUT2D eigenvalue weighted by Gasteiger charge is 2.18. The molecule has 0 radical (unpaired) electrons. The van der Waals surface area contributed by atoms with Crippen molar-refractivity contribution in [3.63, 3.8) is 0 Å². The minimum Gasteiger partial charge on any atom is -0.481 e. The summed E-state index contributed by atoms with van der Waals surface area (Å²) >= 11 is 0. The van der Waals surface area contributed by atoms with Crippen molar-refractivity contribution in [2.45, 2.75) is 39.5 Å². The molecule has 3 N–H and O–H groups in total. The minimum absolute atomic E-state index is 0.0193. The Morgan fingerprint density at radius 2 is 1.88 bits per heavy atom. The van der Waals surface area contributed by atoms with Gasteiger partial charge in [0.2, 0.25) is 5.91 Å². The number of carboxylic acids is 1. The molecule has 0 saturated heterocycles. The molecule has 0 aromatic carbocycles. The summed E-state index contributed by atoms with van der Waals surface area (Å²) in [6, 6.07) is 0. The Kier molecular flexibility index (Phi) is 6.72. The van der Waals surface area contributed by atoms with Gasteiger partial charge in [-0.2, -0.15) is 0 Å². The van der Waals surface area contributed by atoms with E-state index in [0.717, 1.165) is 6.42 Å². The number of carboxylic acid groups (broad SMARTS) is 1. The molecular formula is C11H21NO4. The van der Waals surface area contributed by atoms with Crippen LogP contribution in [0.25, 0.3) is 0 Å². The molecule has 0 heterocycles. The van der Waals surface area contributed by atoms with Crippen LogP contribution < -0.4 is 5.32 Å². The zero-order chi connectivity index (χ0) is 12.6. The van der Waals surface area contributed by atoms with Gasteiger partial charge >= 0.3 is 5.97 Å². The molecule has 1 amide bonds. The molecular weight excluding hydrogens is 210 g/mol. The zero-order valence-corrected chi connectivity index (χ0v) is 9.95. The van der Waals surface area contributed by atoms with E-state index in [2.05, 4.69) is 5.32 Å². The Morgan fingerprint density at radius 3 is 2.38 bits per heavy atom. The van der Waals surface area contributed by atoms with Gasteiger partial charge in [0.15, 0.2) is 0 Å². The molecule has 0 aromatic rings. The standard InChI is InChI=1S/C11H21NO4/c1-11(2,6-3-7-13)8-12-9(14)4-5-10(15)16/h13H,3-8H2,1-2H3,(H,12,14)(H,15,16). The van der Waals surface area contributed by atoms with Crippen LogP contribution in [-0.2, 0) is 9.59 Å².